The predicted molar refractivity (Wildman–Crippen MR) is 70.9 cm³/mol. The van der Waals surface area contributed by atoms with Crippen LogP contribution < -0.4 is 5.32 Å². The second-order valence-electron chi connectivity index (χ2n) is 3.54. The first-order chi connectivity index (χ1) is 7.77. The van der Waals surface area contributed by atoms with E-state index in [1.165, 1.54) is 0 Å². The fraction of sp³-hybridized carbons (Fsp3) is 0.636. The Labute approximate surface area is 109 Å². The van der Waals surface area contributed by atoms with Crippen LogP contribution in [0.3, 0.4) is 0 Å². The molecular formula is C11H17BrN2OS. The van der Waals surface area contributed by atoms with E-state index in [1.54, 1.807) is 17.5 Å². The molecule has 1 atom stereocenters. The molecule has 1 unspecified atom stereocenters. The zero-order valence-corrected chi connectivity index (χ0v) is 11.8. The number of amides is 1. The number of alkyl halides is 1. The molecule has 0 bridgehead atoms. The minimum atomic E-state index is 0.0801. The number of hydrogen-bond donors (Lipinski definition) is 1. The van der Waals surface area contributed by atoms with Crippen LogP contribution in [0.1, 0.15) is 43.7 Å². The second kappa shape index (κ2) is 7.79. The van der Waals surface area contributed by atoms with Gasteiger partial charge in [0.1, 0.15) is 5.01 Å². The summed E-state index contributed by atoms with van der Waals surface area (Å²) in [5.74, 6) is 0.128. The van der Waals surface area contributed by atoms with Gasteiger partial charge in [-0.3, -0.25) is 4.79 Å². The maximum atomic E-state index is 11.6. The minimum Gasteiger partial charge on any atom is -0.347 e. The highest BCUT2D eigenvalue weighted by Gasteiger charge is 2.14. The third kappa shape index (κ3) is 4.61. The first-order valence-corrected chi connectivity index (χ1v) is 7.52. The molecule has 0 aliphatic heterocycles. The number of thiazole rings is 1. The summed E-state index contributed by atoms with van der Waals surface area (Å²) in [4.78, 5) is 15.9. The van der Waals surface area contributed by atoms with E-state index in [2.05, 4.69) is 33.2 Å². The molecule has 0 spiro atoms. The van der Waals surface area contributed by atoms with Gasteiger partial charge in [0.25, 0.3) is 0 Å². The van der Waals surface area contributed by atoms with Gasteiger partial charge in [-0.1, -0.05) is 22.9 Å². The average molecular weight is 305 g/mol. The SMILES string of the molecule is CCC(NC(=O)CCCCBr)c1nccs1. The van der Waals surface area contributed by atoms with E-state index < -0.39 is 0 Å². The van der Waals surface area contributed by atoms with Gasteiger partial charge in [0, 0.05) is 23.3 Å². The number of unbranched alkanes of at least 4 members (excludes halogenated alkanes) is 1. The van der Waals surface area contributed by atoms with Gasteiger partial charge in [-0.25, -0.2) is 4.98 Å². The van der Waals surface area contributed by atoms with Gasteiger partial charge in [-0.15, -0.1) is 11.3 Å². The van der Waals surface area contributed by atoms with Crippen LogP contribution in [-0.2, 0) is 4.79 Å². The van der Waals surface area contributed by atoms with E-state index in [4.69, 9.17) is 0 Å². The van der Waals surface area contributed by atoms with E-state index in [9.17, 15) is 4.79 Å². The molecule has 16 heavy (non-hydrogen) atoms. The van der Waals surface area contributed by atoms with Crippen LogP contribution >= 0.6 is 27.3 Å². The maximum Gasteiger partial charge on any atom is 0.220 e. The Kier molecular flexibility index (Phi) is 6.64. The van der Waals surface area contributed by atoms with Crippen molar-refractivity contribution in [3.05, 3.63) is 16.6 Å². The molecule has 0 saturated heterocycles. The monoisotopic (exact) mass is 304 g/mol. The molecule has 0 radical (unpaired) electrons. The number of nitrogens with zero attached hydrogens (tertiary/aromatic N) is 1. The van der Waals surface area contributed by atoms with Crippen molar-refractivity contribution >= 4 is 33.2 Å². The Morgan fingerprint density at radius 3 is 3.00 bits per heavy atom. The van der Waals surface area contributed by atoms with Crippen molar-refractivity contribution in [2.24, 2.45) is 0 Å². The standard InChI is InChI=1S/C11H17BrN2OS/c1-2-9(11-13-7-8-16-11)14-10(15)5-3-4-6-12/h7-9H,2-6H2,1H3,(H,14,15). The van der Waals surface area contributed by atoms with Gasteiger partial charge in [-0.2, -0.15) is 0 Å². The van der Waals surface area contributed by atoms with Crippen molar-refractivity contribution in [3.63, 3.8) is 0 Å². The third-order valence-corrected chi connectivity index (χ3v) is 3.73. The van der Waals surface area contributed by atoms with Gasteiger partial charge in [-0.05, 0) is 19.3 Å². The van der Waals surface area contributed by atoms with Crippen LogP contribution in [-0.4, -0.2) is 16.2 Å². The molecule has 5 heteroatoms. The van der Waals surface area contributed by atoms with Crippen molar-refractivity contribution in [2.75, 3.05) is 5.33 Å². The van der Waals surface area contributed by atoms with Crippen molar-refractivity contribution < 1.29 is 4.79 Å². The van der Waals surface area contributed by atoms with Crippen molar-refractivity contribution in [1.29, 1.82) is 0 Å². The molecule has 0 saturated carbocycles. The lowest BCUT2D eigenvalue weighted by atomic mass is 10.2. The van der Waals surface area contributed by atoms with Gasteiger partial charge in [0.2, 0.25) is 5.91 Å². The topological polar surface area (TPSA) is 42.0 Å². The van der Waals surface area contributed by atoms with E-state index in [0.29, 0.717) is 6.42 Å². The number of hydrogen-bond acceptors (Lipinski definition) is 3. The van der Waals surface area contributed by atoms with Crippen LogP contribution in [0.4, 0.5) is 0 Å². The van der Waals surface area contributed by atoms with E-state index in [1.807, 2.05) is 5.38 Å². The molecule has 1 amide bonds. The van der Waals surface area contributed by atoms with Gasteiger partial charge >= 0.3 is 0 Å². The Hall–Kier alpha value is -0.420. The largest absolute Gasteiger partial charge is 0.347 e. The van der Waals surface area contributed by atoms with Crippen LogP contribution in [0.15, 0.2) is 11.6 Å². The average Bonchev–Trinajstić information content (AvgIpc) is 2.79. The Bertz CT molecular complexity index is 303. The molecule has 1 heterocycles. The van der Waals surface area contributed by atoms with E-state index in [0.717, 1.165) is 29.6 Å². The number of rotatable bonds is 7. The second-order valence-corrected chi connectivity index (χ2v) is 5.26. The van der Waals surface area contributed by atoms with E-state index in [-0.39, 0.29) is 11.9 Å². The van der Waals surface area contributed by atoms with Crippen LogP contribution in [0.25, 0.3) is 0 Å². The zero-order valence-electron chi connectivity index (χ0n) is 9.41. The summed E-state index contributed by atoms with van der Waals surface area (Å²) in [5, 5.41) is 6.92. The summed E-state index contributed by atoms with van der Waals surface area (Å²) >= 11 is 4.95. The molecule has 1 aromatic heterocycles. The van der Waals surface area contributed by atoms with Gasteiger partial charge < -0.3 is 5.32 Å². The quantitative estimate of drug-likeness (QED) is 0.620. The Morgan fingerprint density at radius 2 is 2.44 bits per heavy atom. The fourth-order valence-corrected chi connectivity index (χ4v) is 2.56. The highest BCUT2D eigenvalue weighted by Crippen LogP contribution is 2.18. The number of carbonyl (C=O) groups excluding carboxylic acids is 1. The lowest BCUT2D eigenvalue weighted by Crippen LogP contribution is -2.27. The Morgan fingerprint density at radius 1 is 1.62 bits per heavy atom. The first-order valence-electron chi connectivity index (χ1n) is 5.52. The molecule has 1 aromatic rings. The highest BCUT2D eigenvalue weighted by atomic mass is 79.9. The number of carbonyl (C=O) groups is 1. The molecule has 3 nitrogen and oxygen atoms in total. The van der Waals surface area contributed by atoms with Crippen LogP contribution in [0.2, 0.25) is 0 Å². The van der Waals surface area contributed by atoms with Gasteiger partial charge in [0.15, 0.2) is 0 Å². The molecular weight excluding hydrogens is 288 g/mol. The Balaban J connectivity index is 2.36. The molecule has 0 aliphatic rings. The maximum absolute atomic E-state index is 11.6. The fourth-order valence-electron chi connectivity index (χ4n) is 1.39. The molecule has 0 aromatic carbocycles. The summed E-state index contributed by atoms with van der Waals surface area (Å²) in [7, 11) is 0. The molecule has 0 aliphatic carbocycles. The molecule has 1 rings (SSSR count). The molecule has 0 fully saturated rings. The van der Waals surface area contributed by atoms with Crippen molar-refractivity contribution in [1.82, 2.24) is 10.3 Å². The number of halogens is 1. The highest BCUT2D eigenvalue weighted by molar-refractivity contribution is 9.09. The first kappa shape index (κ1) is 13.6. The predicted octanol–water partition coefficient (Wildman–Crippen LogP) is 3.28. The summed E-state index contributed by atoms with van der Waals surface area (Å²) < 4.78 is 0. The lowest BCUT2D eigenvalue weighted by Gasteiger charge is -2.14. The smallest absolute Gasteiger partial charge is 0.220 e. The number of aromatic nitrogens is 1. The summed E-state index contributed by atoms with van der Waals surface area (Å²) in [6, 6.07) is 0.0801. The van der Waals surface area contributed by atoms with Gasteiger partial charge in [0.05, 0.1) is 6.04 Å². The van der Waals surface area contributed by atoms with Crippen LogP contribution in [0.5, 0.6) is 0 Å². The van der Waals surface area contributed by atoms with E-state index >= 15 is 0 Å². The summed E-state index contributed by atoms with van der Waals surface area (Å²) in [6.07, 6.45) is 5.25. The third-order valence-electron chi connectivity index (χ3n) is 2.28. The van der Waals surface area contributed by atoms with Crippen LogP contribution in [0, 0.1) is 0 Å². The summed E-state index contributed by atoms with van der Waals surface area (Å²) in [6.45, 7) is 2.06. The summed E-state index contributed by atoms with van der Waals surface area (Å²) in [5.41, 5.74) is 0. The lowest BCUT2D eigenvalue weighted by molar-refractivity contribution is -0.122. The molecule has 90 valence electrons. The van der Waals surface area contributed by atoms with Crippen molar-refractivity contribution in [3.8, 4) is 0 Å². The normalized spacial score (nSPS) is 12.4. The number of nitrogens with one attached hydrogen (secondary N) is 1. The molecule has 1 N–H and O–H groups in total. The minimum absolute atomic E-state index is 0.0801. The zero-order chi connectivity index (χ0) is 11.8. The van der Waals surface area contributed by atoms with Crippen molar-refractivity contribution in [2.45, 2.75) is 38.6 Å².